The van der Waals surface area contributed by atoms with Gasteiger partial charge in [-0.2, -0.15) is 0 Å². The number of sulfonamides is 1. The first-order valence-corrected chi connectivity index (χ1v) is 10.7. The number of nitrogens with one attached hydrogen (secondary N) is 2. The van der Waals surface area contributed by atoms with Gasteiger partial charge in [-0.25, -0.2) is 8.42 Å². The fourth-order valence-electron chi connectivity index (χ4n) is 2.58. The molecule has 156 valence electrons. The van der Waals surface area contributed by atoms with Crippen LogP contribution in [0.15, 0.2) is 59.5 Å². The Labute approximate surface area is 179 Å². The van der Waals surface area contributed by atoms with E-state index in [1.807, 2.05) is 14.1 Å². The summed E-state index contributed by atoms with van der Waals surface area (Å²) in [6.45, 7) is 1.67. The zero-order valence-electron chi connectivity index (χ0n) is 16.5. The van der Waals surface area contributed by atoms with Crippen molar-refractivity contribution in [2.24, 2.45) is 0 Å². The molecule has 10 heteroatoms. The number of benzene rings is 2. The number of nitrogens with zero attached hydrogens (tertiary/aromatic N) is 3. The molecule has 1 heterocycles. The van der Waals surface area contributed by atoms with Crippen LogP contribution in [0.2, 0.25) is 5.02 Å². The van der Waals surface area contributed by atoms with Crippen LogP contribution in [0.25, 0.3) is 0 Å². The van der Waals surface area contributed by atoms with Crippen LogP contribution in [0.1, 0.15) is 16.1 Å². The van der Waals surface area contributed by atoms with Gasteiger partial charge in [-0.3, -0.25) is 9.52 Å². The highest BCUT2D eigenvalue weighted by molar-refractivity contribution is 7.92. The predicted octanol–water partition coefficient (Wildman–Crippen LogP) is 3.56. The summed E-state index contributed by atoms with van der Waals surface area (Å²) < 4.78 is 28.2. The van der Waals surface area contributed by atoms with Gasteiger partial charge in [0.15, 0.2) is 11.5 Å². The van der Waals surface area contributed by atoms with Crippen molar-refractivity contribution < 1.29 is 13.2 Å². The van der Waals surface area contributed by atoms with Crippen molar-refractivity contribution >= 4 is 44.7 Å². The van der Waals surface area contributed by atoms with Crippen molar-refractivity contribution in [1.82, 2.24) is 10.2 Å². The van der Waals surface area contributed by atoms with Crippen LogP contribution in [-0.2, 0) is 10.0 Å². The first-order valence-electron chi connectivity index (χ1n) is 8.87. The van der Waals surface area contributed by atoms with Gasteiger partial charge in [0.25, 0.3) is 15.9 Å². The summed E-state index contributed by atoms with van der Waals surface area (Å²) >= 11 is 5.84. The minimum atomic E-state index is -3.87. The number of rotatable bonds is 6. The van der Waals surface area contributed by atoms with E-state index in [-0.39, 0.29) is 10.6 Å². The molecular formula is C20H20ClN5O3S. The third kappa shape index (κ3) is 5.05. The van der Waals surface area contributed by atoms with Crippen molar-refractivity contribution in [2.75, 3.05) is 29.0 Å². The summed E-state index contributed by atoms with van der Waals surface area (Å²) in [5, 5.41) is 11.0. The molecule has 0 saturated heterocycles. The van der Waals surface area contributed by atoms with Gasteiger partial charge in [-0.05, 0) is 61.0 Å². The Hall–Kier alpha value is -3.17. The van der Waals surface area contributed by atoms with Crippen molar-refractivity contribution in [3.05, 3.63) is 70.9 Å². The van der Waals surface area contributed by atoms with Crippen LogP contribution < -0.4 is 14.9 Å². The SMILES string of the molecule is Cc1ccc(NC(=O)c2ccc(N(C)C)nn2)cc1S(=O)(=O)Nc1ccc(Cl)cc1. The molecule has 0 bridgehead atoms. The molecule has 0 radical (unpaired) electrons. The van der Waals surface area contributed by atoms with Crippen LogP contribution in [-0.4, -0.2) is 38.6 Å². The van der Waals surface area contributed by atoms with Crippen LogP contribution in [0.5, 0.6) is 0 Å². The second kappa shape index (κ2) is 8.68. The van der Waals surface area contributed by atoms with Gasteiger partial charge in [-0.15, -0.1) is 10.2 Å². The molecule has 0 saturated carbocycles. The van der Waals surface area contributed by atoms with Gasteiger partial charge in [0.1, 0.15) is 0 Å². The fraction of sp³-hybridized carbons (Fsp3) is 0.150. The number of halogens is 1. The lowest BCUT2D eigenvalue weighted by Crippen LogP contribution is -2.18. The maximum Gasteiger partial charge on any atom is 0.276 e. The molecule has 0 spiro atoms. The smallest absolute Gasteiger partial charge is 0.276 e. The van der Waals surface area contributed by atoms with E-state index in [2.05, 4.69) is 20.2 Å². The van der Waals surface area contributed by atoms with E-state index >= 15 is 0 Å². The van der Waals surface area contributed by atoms with Crippen molar-refractivity contribution in [2.45, 2.75) is 11.8 Å². The quantitative estimate of drug-likeness (QED) is 0.601. The molecule has 0 aliphatic carbocycles. The summed E-state index contributed by atoms with van der Waals surface area (Å²) in [6, 6.07) is 14.2. The Morgan fingerprint density at radius 1 is 0.967 bits per heavy atom. The number of anilines is 3. The molecule has 8 nitrogen and oxygen atoms in total. The van der Waals surface area contributed by atoms with E-state index in [0.29, 0.717) is 27.8 Å². The molecule has 0 atom stereocenters. The number of hydrogen-bond donors (Lipinski definition) is 2. The van der Waals surface area contributed by atoms with Gasteiger partial charge in [0, 0.05) is 30.5 Å². The number of aromatic nitrogens is 2. The van der Waals surface area contributed by atoms with E-state index in [1.165, 1.54) is 6.07 Å². The highest BCUT2D eigenvalue weighted by Gasteiger charge is 2.19. The van der Waals surface area contributed by atoms with Crippen molar-refractivity contribution in [3.8, 4) is 0 Å². The molecule has 3 aromatic rings. The third-order valence-electron chi connectivity index (χ3n) is 4.17. The van der Waals surface area contributed by atoms with Crippen LogP contribution in [0.4, 0.5) is 17.2 Å². The van der Waals surface area contributed by atoms with Gasteiger partial charge >= 0.3 is 0 Å². The summed E-state index contributed by atoms with van der Waals surface area (Å²) in [7, 11) is -0.242. The summed E-state index contributed by atoms with van der Waals surface area (Å²) in [5.74, 6) is 0.120. The molecule has 2 N–H and O–H groups in total. The molecule has 0 fully saturated rings. The lowest BCUT2D eigenvalue weighted by molar-refractivity contribution is 0.102. The molecule has 1 amide bonds. The van der Waals surface area contributed by atoms with Gasteiger partial charge < -0.3 is 10.2 Å². The van der Waals surface area contributed by atoms with Crippen LogP contribution >= 0.6 is 11.6 Å². The monoisotopic (exact) mass is 445 g/mol. The highest BCUT2D eigenvalue weighted by atomic mass is 35.5. The Balaban J connectivity index is 1.82. The largest absolute Gasteiger partial charge is 0.361 e. The Morgan fingerprint density at radius 2 is 1.63 bits per heavy atom. The Kier molecular flexibility index (Phi) is 6.23. The van der Waals surface area contributed by atoms with Gasteiger partial charge in [0.05, 0.1) is 4.90 Å². The van der Waals surface area contributed by atoms with Crippen LogP contribution in [0.3, 0.4) is 0 Å². The average molecular weight is 446 g/mol. The topological polar surface area (TPSA) is 104 Å². The van der Waals surface area contributed by atoms with Crippen LogP contribution in [0, 0.1) is 6.92 Å². The maximum absolute atomic E-state index is 12.8. The normalized spacial score (nSPS) is 11.1. The molecule has 0 unspecified atom stereocenters. The predicted molar refractivity (Wildman–Crippen MR) is 118 cm³/mol. The van der Waals surface area contributed by atoms with E-state index in [0.717, 1.165) is 0 Å². The number of amides is 1. The Bertz CT molecular complexity index is 1160. The molecule has 0 aliphatic heterocycles. The van der Waals surface area contributed by atoms with E-state index in [1.54, 1.807) is 60.4 Å². The second-order valence-electron chi connectivity index (χ2n) is 6.72. The summed E-state index contributed by atoms with van der Waals surface area (Å²) in [4.78, 5) is 14.3. The van der Waals surface area contributed by atoms with E-state index in [9.17, 15) is 13.2 Å². The van der Waals surface area contributed by atoms with Crippen molar-refractivity contribution in [1.29, 1.82) is 0 Å². The summed E-state index contributed by atoms with van der Waals surface area (Å²) in [5.41, 5.74) is 1.35. The highest BCUT2D eigenvalue weighted by Crippen LogP contribution is 2.24. The molecule has 30 heavy (non-hydrogen) atoms. The molecule has 0 aliphatic rings. The molecule has 2 aromatic carbocycles. The fourth-order valence-corrected chi connectivity index (χ4v) is 4.03. The number of carbonyl (C=O) groups is 1. The minimum Gasteiger partial charge on any atom is -0.361 e. The van der Waals surface area contributed by atoms with Gasteiger partial charge in [0.2, 0.25) is 0 Å². The number of carbonyl (C=O) groups excluding carboxylic acids is 1. The lowest BCUT2D eigenvalue weighted by atomic mass is 10.2. The summed E-state index contributed by atoms with van der Waals surface area (Å²) in [6.07, 6.45) is 0. The van der Waals surface area contributed by atoms with E-state index < -0.39 is 15.9 Å². The zero-order chi connectivity index (χ0) is 21.9. The van der Waals surface area contributed by atoms with Crippen molar-refractivity contribution in [3.63, 3.8) is 0 Å². The average Bonchev–Trinajstić information content (AvgIpc) is 2.71. The lowest BCUT2D eigenvalue weighted by Gasteiger charge is -2.13. The first-order chi connectivity index (χ1) is 14.2. The minimum absolute atomic E-state index is 0.0456. The second-order valence-corrected chi connectivity index (χ2v) is 8.81. The molecule has 1 aromatic heterocycles. The number of hydrogen-bond acceptors (Lipinski definition) is 6. The number of aryl methyl sites for hydroxylation is 1. The molecular weight excluding hydrogens is 426 g/mol. The van der Waals surface area contributed by atoms with E-state index in [4.69, 9.17) is 11.6 Å². The maximum atomic E-state index is 12.8. The first kappa shape index (κ1) is 21.5. The third-order valence-corrected chi connectivity index (χ3v) is 5.95. The molecule has 3 rings (SSSR count). The Morgan fingerprint density at radius 3 is 2.23 bits per heavy atom. The standard InChI is InChI=1S/C20H20ClN5O3S/c1-13-4-7-16(22-20(27)17-10-11-19(24-23-17)26(2)3)12-18(13)30(28,29)25-15-8-5-14(21)6-9-15/h4-12,25H,1-3H3,(H,22,27). The zero-order valence-corrected chi connectivity index (χ0v) is 18.1. The van der Waals surface area contributed by atoms with Gasteiger partial charge in [-0.1, -0.05) is 17.7 Å².